The number of esters is 1. The Morgan fingerprint density at radius 2 is 2.15 bits per heavy atom. The van der Waals surface area contributed by atoms with Crippen molar-refractivity contribution in [3.63, 3.8) is 0 Å². The molecule has 2 rings (SSSR count). The van der Waals surface area contributed by atoms with E-state index in [0.717, 1.165) is 36.8 Å². The summed E-state index contributed by atoms with van der Waals surface area (Å²) in [7, 11) is 0. The Labute approximate surface area is 168 Å². The second-order valence-electron chi connectivity index (χ2n) is 7.08. The molecule has 1 aliphatic rings. The van der Waals surface area contributed by atoms with E-state index in [1.807, 2.05) is 13.0 Å². The van der Waals surface area contributed by atoms with Crippen LogP contribution in [0.1, 0.15) is 61.9 Å². The molecule has 0 radical (unpaired) electrons. The molecular weight excluding hydrogens is 358 g/mol. The van der Waals surface area contributed by atoms with E-state index < -0.39 is 0 Å². The number of benzene rings is 1. The number of anilines is 1. The van der Waals surface area contributed by atoms with Crippen molar-refractivity contribution in [1.82, 2.24) is 10.2 Å². The van der Waals surface area contributed by atoms with Gasteiger partial charge in [-0.15, -0.1) is 0 Å². The molecule has 0 saturated carbocycles. The first-order valence-corrected chi connectivity index (χ1v) is 10.5. The van der Waals surface area contributed by atoms with Crippen LogP contribution in [0.5, 0.6) is 0 Å². The molecule has 5 nitrogen and oxygen atoms in total. The smallest absolute Gasteiger partial charge is 0.338 e. The fourth-order valence-corrected chi connectivity index (χ4v) is 3.78. The Balaban J connectivity index is 1.78. The van der Waals surface area contributed by atoms with Crippen LogP contribution in [-0.2, 0) is 4.74 Å². The van der Waals surface area contributed by atoms with Crippen LogP contribution in [0, 0.1) is 6.92 Å². The fraction of sp³-hybridized carbons (Fsp3) is 0.619. The van der Waals surface area contributed by atoms with Gasteiger partial charge in [-0.25, -0.2) is 4.79 Å². The molecule has 0 aromatic heterocycles. The van der Waals surface area contributed by atoms with Crippen molar-refractivity contribution in [2.24, 2.45) is 0 Å². The number of ether oxygens (including phenoxy) is 1. The molecule has 1 aliphatic heterocycles. The van der Waals surface area contributed by atoms with Crippen LogP contribution in [0.3, 0.4) is 0 Å². The largest absolute Gasteiger partial charge is 0.462 e. The van der Waals surface area contributed by atoms with E-state index in [-0.39, 0.29) is 5.97 Å². The van der Waals surface area contributed by atoms with Gasteiger partial charge in [-0.1, -0.05) is 19.4 Å². The zero-order chi connectivity index (χ0) is 19.6. The SMILES string of the molecule is CCOC(=O)c1ccc(C)c(NC(=S)NCCCN2CCCCC2CC)c1. The Kier molecular flexibility index (Phi) is 9.01. The van der Waals surface area contributed by atoms with Crippen LogP contribution in [0.4, 0.5) is 5.69 Å². The van der Waals surface area contributed by atoms with Gasteiger partial charge < -0.3 is 20.3 Å². The Bertz CT molecular complexity index is 636. The van der Waals surface area contributed by atoms with Crippen molar-refractivity contribution in [2.45, 2.75) is 58.9 Å². The zero-order valence-electron chi connectivity index (χ0n) is 16.8. The highest BCUT2D eigenvalue weighted by atomic mass is 32.1. The van der Waals surface area contributed by atoms with Crippen molar-refractivity contribution in [3.8, 4) is 0 Å². The lowest BCUT2D eigenvalue weighted by atomic mass is 10.00. The van der Waals surface area contributed by atoms with Gasteiger partial charge >= 0.3 is 5.97 Å². The molecule has 0 amide bonds. The van der Waals surface area contributed by atoms with Gasteiger partial charge in [-0.3, -0.25) is 0 Å². The lowest BCUT2D eigenvalue weighted by Crippen LogP contribution is -2.41. The Morgan fingerprint density at radius 3 is 2.89 bits per heavy atom. The van der Waals surface area contributed by atoms with Gasteiger partial charge in [0, 0.05) is 24.8 Å². The van der Waals surface area contributed by atoms with Gasteiger partial charge in [0.05, 0.1) is 12.2 Å². The first-order chi connectivity index (χ1) is 13.0. The Morgan fingerprint density at radius 1 is 1.33 bits per heavy atom. The van der Waals surface area contributed by atoms with E-state index in [1.54, 1.807) is 19.1 Å². The average molecular weight is 392 g/mol. The molecule has 0 bridgehead atoms. The molecule has 27 heavy (non-hydrogen) atoms. The van der Waals surface area contributed by atoms with Crippen LogP contribution in [-0.4, -0.2) is 48.3 Å². The summed E-state index contributed by atoms with van der Waals surface area (Å²) < 4.78 is 5.06. The van der Waals surface area contributed by atoms with E-state index in [2.05, 4.69) is 22.5 Å². The van der Waals surface area contributed by atoms with Gasteiger partial charge in [0.25, 0.3) is 0 Å². The number of hydrogen-bond acceptors (Lipinski definition) is 4. The van der Waals surface area contributed by atoms with Gasteiger partial charge in [0.15, 0.2) is 5.11 Å². The lowest BCUT2D eigenvalue weighted by Gasteiger charge is -2.35. The molecule has 0 spiro atoms. The first-order valence-electron chi connectivity index (χ1n) is 10.1. The number of piperidine rings is 1. The second-order valence-corrected chi connectivity index (χ2v) is 7.49. The van der Waals surface area contributed by atoms with E-state index in [9.17, 15) is 4.79 Å². The minimum atomic E-state index is -0.313. The van der Waals surface area contributed by atoms with Crippen LogP contribution >= 0.6 is 12.2 Å². The number of likely N-dealkylation sites (tertiary alicyclic amines) is 1. The highest BCUT2D eigenvalue weighted by molar-refractivity contribution is 7.80. The molecule has 1 heterocycles. The summed E-state index contributed by atoms with van der Waals surface area (Å²) in [5.41, 5.74) is 2.40. The molecule has 1 saturated heterocycles. The van der Waals surface area contributed by atoms with Gasteiger partial charge in [0.2, 0.25) is 0 Å². The van der Waals surface area contributed by atoms with E-state index in [0.29, 0.717) is 17.3 Å². The third-order valence-electron chi connectivity index (χ3n) is 5.12. The van der Waals surface area contributed by atoms with E-state index >= 15 is 0 Å². The standard InChI is InChI=1S/C21H33N3O2S/c1-4-18-9-6-7-13-24(18)14-8-12-22-21(27)23-19-15-17(11-10-16(19)3)20(25)26-5-2/h10-11,15,18H,4-9,12-14H2,1-3H3,(H2,22,23,27). The van der Waals surface area contributed by atoms with Crippen LogP contribution in [0.2, 0.25) is 0 Å². The van der Waals surface area contributed by atoms with Crippen molar-refractivity contribution < 1.29 is 9.53 Å². The van der Waals surface area contributed by atoms with E-state index in [4.69, 9.17) is 17.0 Å². The number of hydrogen-bond donors (Lipinski definition) is 2. The number of nitrogens with zero attached hydrogens (tertiary/aromatic N) is 1. The van der Waals surface area contributed by atoms with Gasteiger partial charge in [0.1, 0.15) is 0 Å². The summed E-state index contributed by atoms with van der Waals surface area (Å²) >= 11 is 5.42. The van der Waals surface area contributed by atoms with Crippen molar-refractivity contribution in [1.29, 1.82) is 0 Å². The Hall–Kier alpha value is -1.66. The number of carbonyl (C=O) groups excluding carboxylic acids is 1. The molecule has 1 fully saturated rings. The number of nitrogens with one attached hydrogen (secondary N) is 2. The number of aryl methyl sites for hydroxylation is 1. The summed E-state index contributed by atoms with van der Waals surface area (Å²) in [6.45, 7) is 9.62. The molecule has 6 heteroatoms. The molecule has 1 aromatic rings. The number of rotatable bonds is 8. The second kappa shape index (κ2) is 11.2. The molecule has 150 valence electrons. The van der Waals surface area contributed by atoms with Crippen LogP contribution in [0.15, 0.2) is 18.2 Å². The highest BCUT2D eigenvalue weighted by Gasteiger charge is 2.19. The maximum Gasteiger partial charge on any atom is 0.338 e. The van der Waals surface area contributed by atoms with Crippen LogP contribution < -0.4 is 10.6 Å². The predicted octanol–water partition coefficient (Wildman–Crippen LogP) is 4.11. The monoisotopic (exact) mass is 391 g/mol. The molecule has 1 unspecified atom stereocenters. The van der Waals surface area contributed by atoms with Crippen molar-refractivity contribution >= 4 is 29.0 Å². The minimum absolute atomic E-state index is 0.313. The molecule has 1 atom stereocenters. The summed E-state index contributed by atoms with van der Waals surface area (Å²) in [5, 5.41) is 7.07. The molecular formula is C21H33N3O2S. The topological polar surface area (TPSA) is 53.6 Å². The quantitative estimate of drug-likeness (QED) is 0.395. The number of thiocarbonyl (C=S) groups is 1. The van der Waals surface area contributed by atoms with Crippen LogP contribution in [0.25, 0.3) is 0 Å². The summed E-state index contributed by atoms with van der Waals surface area (Å²) in [5.74, 6) is -0.313. The lowest BCUT2D eigenvalue weighted by molar-refractivity contribution is 0.0526. The molecule has 0 aliphatic carbocycles. The average Bonchev–Trinajstić information content (AvgIpc) is 2.67. The molecule has 2 N–H and O–H groups in total. The zero-order valence-corrected chi connectivity index (χ0v) is 17.7. The number of carbonyl (C=O) groups is 1. The highest BCUT2D eigenvalue weighted by Crippen LogP contribution is 2.19. The third-order valence-corrected chi connectivity index (χ3v) is 5.37. The third kappa shape index (κ3) is 6.78. The first kappa shape index (κ1) is 21.6. The minimum Gasteiger partial charge on any atom is -0.462 e. The summed E-state index contributed by atoms with van der Waals surface area (Å²) in [4.78, 5) is 14.5. The maximum atomic E-state index is 11.9. The van der Waals surface area contributed by atoms with Crippen molar-refractivity contribution in [2.75, 3.05) is 31.6 Å². The fourth-order valence-electron chi connectivity index (χ4n) is 3.57. The normalized spacial score (nSPS) is 17.4. The predicted molar refractivity (Wildman–Crippen MR) is 115 cm³/mol. The van der Waals surface area contributed by atoms with Gasteiger partial charge in [-0.05, 0) is 76.0 Å². The van der Waals surface area contributed by atoms with Gasteiger partial charge in [-0.2, -0.15) is 0 Å². The summed E-state index contributed by atoms with van der Waals surface area (Å²) in [6.07, 6.45) is 6.33. The maximum absolute atomic E-state index is 11.9. The summed E-state index contributed by atoms with van der Waals surface area (Å²) in [6, 6.07) is 6.22. The van der Waals surface area contributed by atoms with E-state index in [1.165, 1.54) is 32.2 Å². The van der Waals surface area contributed by atoms with Crippen molar-refractivity contribution in [3.05, 3.63) is 29.3 Å². The molecule has 1 aromatic carbocycles.